The SMILES string of the molecule is CC/C=C\C/C=C\C/C=C\C/C=C\C/C=C\C/C=C\C/C=C\C/C=C\CCCCCCC(=O)OCC(COC(=O)CCCCCCCCCCCC)OC(=O)CCCCCCC/C=C\CCCCC. The third kappa shape index (κ3) is 54.9. The molecule has 0 saturated heterocycles. The van der Waals surface area contributed by atoms with E-state index in [0.717, 1.165) is 135 Å². The van der Waals surface area contributed by atoms with Gasteiger partial charge in [0.15, 0.2) is 6.10 Å². The van der Waals surface area contributed by atoms with Crippen LogP contribution in [-0.2, 0) is 28.6 Å². The van der Waals surface area contributed by atoms with Crippen molar-refractivity contribution in [1.82, 2.24) is 0 Å². The summed E-state index contributed by atoms with van der Waals surface area (Å²) >= 11 is 0. The Balaban J connectivity index is 4.29. The number of rotatable bonds is 50. The van der Waals surface area contributed by atoms with Gasteiger partial charge in [0, 0.05) is 19.3 Å². The van der Waals surface area contributed by atoms with Crippen LogP contribution >= 0.6 is 0 Å². The third-order valence-corrected chi connectivity index (χ3v) is 11.8. The zero-order chi connectivity index (χ0) is 50.0. The standard InChI is InChI=1S/C63H104O6/c1-4-7-10-13-16-19-22-24-25-26-27-28-29-30-31-32-33-34-35-36-37-38-39-40-42-44-47-50-53-56-62(65)68-59-60(58-67-61(64)55-52-49-46-43-21-18-15-12-9-6-3)69-63(66)57-54-51-48-45-41-23-20-17-14-11-8-5-2/h7,10,16-17,19-20,24-25,27-28,30-31,33-34,36-37,39-40,60H,4-6,8-9,11-15,18,21-23,26,29,32,35,38,41-59H2,1-3H3/b10-7-,19-16-,20-17-,25-24-,28-27-,31-30-,34-33-,37-36-,40-39-. The van der Waals surface area contributed by atoms with Crippen molar-refractivity contribution in [2.24, 2.45) is 0 Å². The molecule has 6 heteroatoms. The van der Waals surface area contributed by atoms with Gasteiger partial charge in [-0.1, -0.05) is 233 Å². The normalized spacial score (nSPS) is 12.9. The van der Waals surface area contributed by atoms with E-state index >= 15 is 0 Å². The summed E-state index contributed by atoms with van der Waals surface area (Å²) < 4.78 is 16.8. The van der Waals surface area contributed by atoms with Crippen LogP contribution in [0.4, 0.5) is 0 Å². The molecule has 0 saturated carbocycles. The maximum Gasteiger partial charge on any atom is 0.306 e. The fraction of sp³-hybridized carbons (Fsp3) is 0.667. The van der Waals surface area contributed by atoms with Gasteiger partial charge >= 0.3 is 17.9 Å². The second-order valence-electron chi connectivity index (χ2n) is 18.5. The Kier molecular flexibility index (Phi) is 53.4. The predicted octanol–water partition coefficient (Wildman–Crippen LogP) is 19.1. The number of ether oxygens (including phenoxy) is 3. The van der Waals surface area contributed by atoms with Gasteiger partial charge in [0.25, 0.3) is 0 Å². The highest BCUT2D eigenvalue weighted by molar-refractivity contribution is 5.71. The first-order valence-corrected chi connectivity index (χ1v) is 28.4. The minimum atomic E-state index is -0.791. The largest absolute Gasteiger partial charge is 0.462 e. The van der Waals surface area contributed by atoms with Gasteiger partial charge in [0.2, 0.25) is 0 Å². The molecule has 0 aromatic heterocycles. The number of carbonyl (C=O) groups is 3. The van der Waals surface area contributed by atoms with E-state index in [4.69, 9.17) is 14.2 Å². The van der Waals surface area contributed by atoms with E-state index < -0.39 is 6.10 Å². The lowest BCUT2D eigenvalue weighted by Crippen LogP contribution is -2.30. The highest BCUT2D eigenvalue weighted by Crippen LogP contribution is 2.14. The van der Waals surface area contributed by atoms with E-state index in [9.17, 15) is 14.4 Å². The summed E-state index contributed by atoms with van der Waals surface area (Å²) in [6.45, 7) is 6.45. The molecule has 1 unspecified atom stereocenters. The maximum absolute atomic E-state index is 12.8. The summed E-state index contributed by atoms with van der Waals surface area (Å²) in [5.74, 6) is -0.928. The Morgan fingerprint density at radius 2 is 0.565 bits per heavy atom. The zero-order valence-electron chi connectivity index (χ0n) is 44.8. The van der Waals surface area contributed by atoms with Gasteiger partial charge in [-0.05, 0) is 109 Å². The summed E-state index contributed by atoms with van der Waals surface area (Å²) in [5.41, 5.74) is 0. The van der Waals surface area contributed by atoms with Crippen LogP contribution < -0.4 is 0 Å². The number of hydrogen-bond acceptors (Lipinski definition) is 6. The molecule has 0 bridgehead atoms. The van der Waals surface area contributed by atoms with Gasteiger partial charge in [-0.3, -0.25) is 14.4 Å². The fourth-order valence-corrected chi connectivity index (χ4v) is 7.51. The number of hydrogen-bond donors (Lipinski definition) is 0. The van der Waals surface area contributed by atoms with Crippen molar-refractivity contribution in [3.05, 3.63) is 109 Å². The van der Waals surface area contributed by atoms with Crippen molar-refractivity contribution < 1.29 is 28.6 Å². The van der Waals surface area contributed by atoms with Gasteiger partial charge in [-0.15, -0.1) is 0 Å². The van der Waals surface area contributed by atoms with E-state index in [-0.39, 0.29) is 31.1 Å². The Morgan fingerprint density at radius 3 is 0.928 bits per heavy atom. The van der Waals surface area contributed by atoms with Crippen LogP contribution in [0.2, 0.25) is 0 Å². The molecule has 69 heavy (non-hydrogen) atoms. The molecular weight excluding hydrogens is 853 g/mol. The first-order valence-electron chi connectivity index (χ1n) is 28.4. The average Bonchev–Trinajstić information content (AvgIpc) is 3.35. The molecule has 1 atom stereocenters. The van der Waals surface area contributed by atoms with Crippen molar-refractivity contribution in [3.8, 4) is 0 Å². The van der Waals surface area contributed by atoms with Crippen LogP contribution in [0, 0.1) is 0 Å². The van der Waals surface area contributed by atoms with Crippen LogP contribution in [0.25, 0.3) is 0 Å². The second kappa shape index (κ2) is 56.7. The van der Waals surface area contributed by atoms with Crippen LogP contribution in [0.15, 0.2) is 109 Å². The van der Waals surface area contributed by atoms with Crippen LogP contribution in [-0.4, -0.2) is 37.2 Å². The molecule has 0 heterocycles. The molecule has 0 aromatic carbocycles. The lowest BCUT2D eigenvalue weighted by Gasteiger charge is -2.18. The third-order valence-electron chi connectivity index (χ3n) is 11.8. The van der Waals surface area contributed by atoms with E-state index in [1.807, 2.05) is 0 Å². The number of carbonyl (C=O) groups excluding carboxylic acids is 3. The molecule has 0 radical (unpaired) electrons. The van der Waals surface area contributed by atoms with E-state index in [1.165, 1.54) is 77.0 Å². The van der Waals surface area contributed by atoms with Gasteiger partial charge in [0.1, 0.15) is 13.2 Å². The van der Waals surface area contributed by atoms with E-state index in [0.29, 0.717) is 19.3 Å². The van der Waals surface area contributed by atoms with Gasteiger partial charge in [-0.2, -0.15) is 0 Å². The van der Waals surface area contributed by atoms with Crippen molar-refractivity contribution >= 4 is 17.9 Å². The summed E-state index contributed by atoms with van der Waals surface area (Å²) in [6.07, 6.45) is 76.6. The minimum Gasteiger partial charge on any atom is -0.462 e. The summed E-state index contributed by atoms with van der Waals surface area (Å²) in [4.78, 5) is 38.0. The van der Waals surface area contributed by atoms with Gasteiger partial charge in [0.05, 0.1) is 0 Å². The molecule has 0 aliphatic heterocycles. The molecule has 0 aliphatic rings. The van der Waals surface area contributed by atoms with Crippen molar-refractivity contribution in [2.45, 2.75) is 258 Å². The molecule has 0 spiro atoms. The first kappa shape index (κ1) is 65.1. The summed E-state index contributed by atoms with van der Waals surface area (Å²) in [6, 6.07) is 0. The Morgan fingerprint density at radius 1 is 0.304 bits per heavy atom. The molecule has 0 aliphatic carbocycles. The molecule has 0 N–H and O–H groups in total. The minimum absolute atomic E-state index is 0.0889. The van der Waals surface area contributed by atoms with E-state index in [1.54, 1.807) is 0 Å². The quantitative estimate of drug-likeness (QED) is 0.0262. The smallest absolute Gasteiger partial charge is 0.306 e. The van der Waals surface area contributed by atoms with Crippen LogP contribution in [0.1, 0.15) is 252 Å². The molecule has 0 amide bonds. The molecule has 0 fully saturated rings. The predicted molar refractivity (Wildman–Crippen MR) is 297 cm³/mol. The molecule has 0 rings (SSSR count). The zero-order valence-corrected chi connectivity index (χ0v) is 44.8. The first-order chi connectivity index (χ1) is 34.0. The molecule has 6 nitrogen and oxygen atoms in total. The topological polar surface area (TPSA) is 78.9 Å². The van der Waals surface area contributed by atoms with Gasteiger partial charge in [-0.25, -0.2) is 0 Å². The van der Waals surface area contributed by atoms with Crippen molar-refractivity contribution in [3.63, 3.8) is 0 Å². The Hall–Kier alpha value is -3.93. The highest BCUT2D eigenvalue weighted by atomic mass is 16.6. The Bertz CT molecular complexity index is 1420. The summed E-state index contributed by atoms with van der Waals surface area (Å²) in [5, 5.41) is 0. The second-order valence-corrected chi connectivity index (χ2v) is 18.5. The average molecular weight is 958 g/mol. The van der Waals surface area contributed by atoms with Crippen molar-refractivity contribution in [1.29, 1.82) is 0 Å². The van der Waals surface area contributed by atoms with Crippen LogP contribution in [0.3, 0.4) is 0 Å². The molecule has 0 aromatic rings. The fourth-order valence-electron chi connectivity index (χ4n) is 7.51. The lowest BCUT2D eigenvalue weighted by atomic mass is 10.1. The van der Waals surface area contributed by atoms with Crippen molar-refractivity contribution in [2.75, 3.05) is 13.2 Å². The number of unbranched alkanes of at least 4 members (excludes halogenated alkanes) is 21. The monoisotopic (exact) mass is 957 g/mol. The van der Waals surface area contributed by atoms with E-state index in [2.05, 4.69) is 130 Å². The molecule has 392 valence electrons. The van der Waals surface area contributed by atoms with Gasteiger partial charge < -0.3 is 14.2 Å². The Labute approximate surface area is 425 Å². The number of esters is 3. The highest BCUT2D eigenvalue weighted by Gasteiger charge is 2.19. The number of allylic oxidation sites excluding steroid dienone is 18. The summed E-state index contributed by atoms with van der Waals surface area (Å²) in [7, 11) is 0. The maximum atomic E-state index is 12.8. The van der Waals surface area contributed by atoms with Crippen LogP contribution in [0.5, 0.6) is 0 Å². The lowest BCUT2D eigenvalue weighted by molar-refractivity contribution is -0.167. The molecular formula is C63H104O6.